The molecule has 0 fully saturated rings. The van der Waals surface area contributed by atoms with Gasteiger partial charge in [0, 0.05) is 18.8 Å². The van der Waals surface area contributed by atoms with Crippen LogP contribution in [-0.4, -0.2) is 23.4 Å². The maximum atomic E-state index is 12.7. The molecule has 3 heteroatoms. The van der Waals surface area contributed by atoms with Crippen LogP contribution in [0.15, 0.2) is 66.7 Å². The summed E-state index contributed by atoms with van der Waals surface area (Å²) in [4.78, 5) is 15.0. The van der Waals surface area contributed by atoms with Crippen LogP contribution in [0, 0.1) is 0 Å². The molecule has 126 valence electrons. The predicted molar refractivity (Wildman–Crippen MR) is 103 cm³/mol. The van der Waals surface area contributed by atoms with E-state index in [0.29, 0.717) is 0 Å². The van der Waals surface area contributed by atoms with Crippen LogP contribution in [0.5, 0.6) is 0 Å². The number of hydrogen-bond donors (Lipinski definition) is 1. The first-order valence-corrected chi connectivity index (χ1v) is 8.81. The van der Waals surface area contributed by atoms with Crippen LogP contribution < -0.4 is 5.32 Å². The first kappa shape index (κ1) is 15.9. The largest absolute Gasteiger partial charge is 0.325 e. The van der Waals surface area contributed by atoms with E-state index in [9.17, 15) is 4.79 Å². The third-order valence-electron chi connectivity index (χ3n) is 5.10. The van der Waals surface area contributed by atoms with Gasteiger partial charge in [0.25, 0.3) is 0 Å². The smallest absolute Gasteiger partial charge is 0.241 e. The van der Waals surface area contributed by atoms with Crippen molar-refractivity contribution in [3.05, 3.63) is 77.9 Å². The molecule has 1 amide bonds. The Bertz CT molecular complexity index is 919. The quantitative estimate of drug-likeness (QED) is 0.779. The van der Waals surface area contributed by atoms with Gasteiger partial charge in [0.05, 0.1) is 6.04 Å². The highest BCUT2D eigenvalue weighted by Gasteiger charge is 2.25. The summed E-state index contributed by atoms with van der Waals surface area (Å²) in [6.07, 6.45) is 1.00. The van der Waals surface area contributed by atoms with Gasteiger partial charge in [0.1, 0.15) is 0 Å². The minimum Gasteiger partial charge on any atom is -0.325 e. The first-order valence-electron chi connectivity index (χ1n) is 8.81. The van der Waals surface area contributed by atoms with Gasteiger partial charge in [-0.3, -0.25) is 9.69 Å². The number of rotatable bonds is 3. The van der Waals surface area contributed by atoms with Crippen LogP contribution in [0.25, 0.3) is 10.8 Å². The number of carbonyl (C=O) groups excluding carboxylic acids is 1. The van der Waals surface area contributed by atoms with Crippen molar-refractivity contribution in [3.8, 4) is 0 Å². The predicted octanol–water partition coefficient (Wildman–Crippen LogP) is 4.23. The zero-order chi connectivity index (χ0) is 17.2. The molecule has 1 heterocycles. The monoisotopic (exact) mass is 330 g/mol. The Morgan fingerprint density at radius 3 is 2.52 bits per heavy atom. The molecular formula is C22H22N2O. The molecule has 1 atom stereocenters. The van der Waals surface area contributed by atoms with Gasteiger partial charge >= 0.3 is 0 Å². The molecule has 0 aromatic heterocycles. The maximum absolute atomic E-state index is 12.7. The number of fused-ring (bicyclic) bond motifs is 2. The van der Waals surface area contributed by atoms with Crippen LogP contribution in [0.3, 0.4) is 0 Å². The number of anilines is 1. The van der Waals surface area contributed by atoms with Gasteiger partial charge in [0.15, 0.2) is 0 Å². The topological polar surface area (TPSA) is 32.3 Å². The molecule has 3 aromatic rings. The molecule has 3 aromatic carbocycles. The molecular weight excluding hydrogens is 308 g/mol. The number of carbonyl (C=O) groups is 1. The van der Waals surface area contributed by atoms with Crippen LogP contribution in [0.2, 0.25) is 0 Å². The Kier molecular flexibility index (Phi) is 4.24. The lowest BCUT2D eigenvalue weighted by Gasteiger charge is -2.32. The van der Waals surface area contributed by atoms with Crippen LogP contribution >= 0.6 is 0 Å². The molecule has 1 aliphatic heterocycles. The highest BCUT2D eigenvalue weighted by molar-refractivity contribution is 5.97. The average Bonchev–Trinajstić information content (AvgIpc) is 2.67. The van der Waals surface area contributed by atoms with Crippen LogP contribution in [0.4, 0.5) is 5.69 Å². The normalized spacial score (nSPS) is 15.6. The summed E-state index contributed by atoms with van der Waals surface area (Å²) < 4.78 is 0. The molecule has 0 bridgehead atoms. The van der Waals surface area contributed by atoms with Crippen molar-refractivity contribution in [1.82, 2.24) is 4.90 Å². The highest BCUT2D eigenvalue weighted by Crippen LogP contribution is 2.22. The molecule has 1 aliphatic rings. The van der Waals surface area contributed by atoms with E-state index in [2.05, 4.69) is 46.6 Å². The summed E-state index contributed by atoms with van der Waals surface area (Å²) in [5, 5.41) is 5.39. The minimum absolute atomic E-state index is 0.0506. The molecule has 0 unspecified atom stereocenters. The van der Waals surface area contributed by atoms with Crippen molar-refractivity contribution >= 4 is 22.4 Å². The Morgan fingerprint density at radius 1 is 0.960 bits per heavy atom. The second-order valence-corrected chi connectivity index (χ2v) is 6.72. The number of hydrogen-bond acceptors (Lipinski definition) is 2. The van der Waals surface area contributed by atoms with Crippen molar-refractivity contribution < 1.29 is 4.79 Å². The third-order valence-corrected chi connectivity index (χ3v) is 5.10. The lowest BCUT2D eigenvalue weighted by atomic mass is 9.98. The van der Waals surface area contributed by atoms with Gasteiger partial charge in [-0.05, 0) is 47.4 Å². The zero-order valence-electron chi connectivity index (χ0n) is 14.4. The summed E-state index contributed by atoms with van der Waals surface area (Å²) in [7, 11) is 0. The summed E-state index contributed by atoms with van der Waals surface area (Å²) >= 11 is 0. The van der Waals surface area contributed by atoms with E-state index in [1.807, 2.05) is 37.3 Å². The lowest BCUT2D eigenvalue weighted by molar-refractivity contribution is -0.121. The Hall–Kier alpha value is -2.65. The number of amides is 1. The first-order chi connectivity index (χ1) is 12.2. The Labute approximate surface area is 148 Å². The van der Waals surface area contributed by atoms with E-state index in [-0.39, 0.29) is 11.9 Å². The number of nitrogens with one attached hydrogen (secondary N) is 1. The Morgan fingerprint density at radius 2 is 1.68 bits per heavy atom. The van der Waals surface area contributed by atoms with Gasteiger partial charge in [-0.2, -0.15) is 0 Å². The van der Waals surface area contributed by atoms with E-state index in [1.54, 1.807) is 0 Å². The summed E-state index contributed by atoms with van der Waals surface area (Å²) in [6.45, 7) is 3.75. The molecule has 3 nitrogen and oxygen atoms in total. The van der Waals surface area contributed by atoms with E-state index in [0.717, 1.165) is 30.6 Å². The molecule has 0 radical (unpaired) electrons. The standard InChI is InChI=1S/C22H22N2O/c1-16(24-13-12-18-7-3-5-9-20(18)15-24)22(25)23-21-11-10-17-6-2-4-8-19(17)14-21/h2-11,14,16H,12-13,15H2,1H3,(H,23,25)/t16-/m0/s1. The average molecular weight is 330 g/mol. The molecule has 0 spiro atoms. The lowest BCUT2D eigenvalue weighted by Crippen LogP contribution is -2.44. The van der Waals surface area contributed by atoms with Gasteiger partial charge in [-0.15, -0.1) is 0 Å². The van der Waals surface area contributed by atoms with Crippen molar-refractivity contribution in [2.75, 3.05) is 11.9 Å². The second kappa shape index (κ2) is 6.69. The number of nitrogens with zero attached hydrogens (tertiary/aromatic N) is 1. The zero-order valence-corrected chi connectivity index (χ0v) is 14.4. The summed E-state index contributed by atoms with van der Waals surface area (Å²) in [5.74, 6) is 0.0506. The van der Waals surface area contributed by atoms with Crippen molar-refractivity contribution in [2.45, 2.75) is 25.9 Å². The van der Waals surface area contributed by atoms with Crippen LogP contribution in [0.1, 0.15) is 18.1 Å². The van der Waals surface area contributed by atoms with Crippen LogP contribution in [-0.2, 0) is 17.8 Å². The fraction of sp³-hybridized carbons (Fsp3) is 0.227. The van der Waals surface area contributed by atoms with Crippen molar-refractivity contribution in [2.24, 2.45) is 0 Å². The van der Waals surface area contributed by atoms with E-state index >= 15 is 0 Å². The molecule has 0 saturated heterocycles. The van der Waals surface area contributed by atoms with Crippen molar-refractivity contribution in [3.63, 3.8) is 0 Å². The van der Waals surface area contributed by atoms with Gasteiger partial charge in [-0.25, -0.2) is 0 Å². The SMILES string of the molecule is C[C@@H](C(=O)Nc1ccc2ccccc2c1)N1CCc2ccccc2C1. The molecule has 4 rings (SSSR count). The molecule has 25 heavy (non-hydrogen) atoms. The highest BCUT2D eigenvalue weighted by atomic mass is 16.2. The molecule has 0 aliphatic carbocycles. The summed E-state index contributed by atoms with van der Waals surface area (Å²) in [5.41, 5.74) is 3.59. The van der Waals surface area contributed by atoms with Gasteiger partial charge < -0.3 is 5.32 Å². The van der Waals surface area contributed by atoms with E-state index < -0.39 is 0 Å². The van der Waals surface area contributed by atoms with Gasteiger partial charge in [-0.1, -0.05) is 54.6 Å². The molecule has 1 N–H and O–H groups in total. The second-order valence-electron chi connectivity index (χ2n) is 6.72. The third kappa shape index (κ3) is 3.28. The van der Waals surface area contributed by atoms with Crippen molar-refractivity contribution in [1.29, 1.82) is 0 Å². The Balaban J connectivity index is 1.47. The molecule has 0 saturated carbocycles. The van der Waals surface area contributed by atoms with Gasteiger partial charge in [0.2, 0.25) is 5.91 Å². The maximum Gasteiger partial charge on any atom is 0.241 e. The fourth-order valence-corrected chi connectivity index (χ4v) is 3.53. The van der Waals surface area contributed by atoms with E-state index in [1.165, 1.54) is 16.5 Å². The number of benzene rings is 3. The van der Waals surface area contributed by atoms with E-state index in [4.69, 9.17) is 0 Å². The summed E-state index contributed by atoms with van der Waals surface area (Å²) in [6, 6.07) is 22.6. The minimum atomic E-state index is -0.153. The fourth-order valence-electron chi connectivity index (χ4n) is 3.53.